The Balaban J connectivity index is 2.35. The van der Waals surface area contributed by atoms with E-state index in [1.165, 1.54) is 0 Å². The van der Waals surface area contributed by atoms with Crippen LogP contribution in [0.25, 0.3) is 5.69 Å². The van der Waals surface area contributed by atoms with E-state index >= 15 is 0 Å². The van der Waals surface area contributed by atoms with Gasteiger partial charge in [-0.05, 0) is 24.7 Å². The lowest BCUT2D eigenvalue weighted by molar-refractivity contribution is 0.934. The van der Waals surface area contributed by atoms with Crippen LogP contribution in [-0.2, 0) is 6.42 Å². The Morgan fingerprint density at radius 2 is 2.12 bits per heavy atom. The lowest BCUT2D eigenvalue weighted by atomic mass is 10.3. The molecule has 0 fully saturated rings. The summed E-state index contributed by atoms with van der Waals surface area (Å²) in [5, 5.41) is 1.22. The first kappa shape index (κ1) is 11.5. The molecule has 16 heavy (non-hydrogen) atoms. The standard InChI is InChI=1S/C11H11Cl2N3/c12-8-1-2-11(10(13)5-8)16-6-9(3-4-14)15-7-16/h1-2,5-7H,3-4,14H2. The number of hydrogen-bond donors (Lipinski definition) is 1. The van der Waals surface area contributed by atoms with Gasteiger partial charge in [0.2, 0.25) is 0 Å². The molecule has 0 radical (unpaired) electrons. The average molecular weight is 256 g/mol. The lowest BCUT2D eigenvalue weighted by Crippen LogP contribution is -2.02. The number of nitrogens with two attached hydrogens (primary N) is 1. The molecule has 5 heteroatoms. The Morgan fingerprint density at radius 3 is 2.81 bits per heavy atom. The van der Waals surface area contributed by atoms with Gasteiger partial charge < -0.3 is 10.3 Å². The van der Waals surface area contributed by atoms with Crippen molar-refractivity contribution in [2.45, 2.75) is 6.42 Å². The van der Waals surface area contributed by atoms with Gasteiger partial charge in [0.05, 0.1) is 22.7 Å². The molecule has 3 nitrogen and oxygen atoms in total. The van der Waals surface area contributed by atoms with Crippen LogP contribution >= 0.6 is 23.2 Å². The summed E-state index contributed by atoms with van der Waals surface area (Å²) in [6, 6.07) is 5.37. The Bertz CT molecular complexity index is 494. The molecule has 2 rings (SSSR count). The molecule has 0 aliphatic heterocycles. The maximum absolute atomic E-state index is 6.09. The van der Waals surface area contributed by atoms with E-state index in [1.54, 1.807) is 18.5 Å². The fourth-order valence-corrected chi connectivity index (χ4v) is 1.97. The van der Waals surface area contributed by atoms with Crippen LogP contribution in [0.3, 0.4) is 0 Å². The third kappa shape index (κ3) is 2.38. The largest absolute Gasteiger partial charge is 0.330 e. The first-order valence-electron chi connectivity index (χ1n) is 4.89. The third-order valence-corrected chi connectivity index (χ3v) is 2.76. The van der Waals surface area contributed by atoms with Crippen molar-refractivity contribution in [2.75, 3.05) is 6.54 Å². The molecule has 0 saturated carbocycles. The molecule has 0 atom stereocenters. The first-order chi connectivity index (χ1) is 7.70. The molecule has 0 aliphatic carbocycles. The van der Waals surface area contributed by atoms with Gasteiger partial charge in [-0.25, -0.2) is 4.98 Å². The zero-order valence-electron chi connectivity index (χ0n) is 8.53. The zero-order valence-corrected chi connectivity index (χ0v) is 10.0. The van der Waals surface area contributed by atoms with E-state index in [2.05, 4.69) is 4.98 Å². The molecule has 1 heterocycles. The van der Waals surface area contributed by atoms with E-state index in [0.29, 0.717) is 16.6 Å². The summed E-state index contributed by atoms with van der Waals surface area (Å²) in [5.41, 5.74) is 7.28. The van der Waals surface area contributed by atoms with Crippen LogP contribution in [0.1, 0.15) is 5.69 Å². The van der Waals surface area contributed by atoms with Gasteiger partial charge in [0.25, 0.3) is 0 Å². The highest BCUT2D eigenvalue weighted by Crippen LogP contribution is 2.24. The fraction of sp³-hybridized carbons (Fsp3) is 0.182. The van der Waals surface area contributed by atoms with Crippen LogP contribution in [0, 0.1) is 0 Å². The van der Waals surface area contributed by atoms with E-state index in [4.69, 9.17) is 28.9 Å². The third-order valence-electron chi connectivity index (χ3n) is 2.22. The SMILES string of the molecule is NCCc1cn(-c2ccc(Cl)cc2Cl)cn1. The van der Waals surface area contributed by atoms with Crippen LogP contribution in [0.2, 0.25) is 10.0 Å². The average Bonchev–Trinajstić information content (AvgIpc) is 2.67. The minimum absolute atomic E-state index is 0.589. The molecule has 2 N–H and O–H groups in total. The van der Waals surface area contributed by atoms with Crippen LogP contribution in [0.15, 0.2) is 30.7 Å². The van der Waals surface area contributed by atoms with E-state index < -0.39 is 0 Å². The molecular weight excluding hydrogens is 245 g/mol. The molecule has 0 spiro atoms. The topological polar surface area (TPSA) is 43.8 Å². The Morgan fingerprint density at radius 1 is 1.31 bits per heavy atom. The van der Waals surface area contributed by atoms with Gasteiger partial charge in [-0.2, -0.15) is 0 Å². The first-order valence-corrected chi connectivity index (χ1v) is 5.64. The summed E-state index contributed by atoms with van der Waals surface area (Å²) in [4.78, 5) is 4.24. The summed E-state index contributed by atoms with van der Waals surface area (Å²) in [5.74, 6) is 0. The van der Waals surface area contributed by atoms with Crippen molar-refractivity contribution >= 4 is 23.2 Å². The maximum Gasteiger partial charge on any atom is 0.0995 e. The van der Waals surface area contributed by atoms with E-state index in [-0.39, 0.29) is 0 Å². The predicted octanol–water partition coefficient (Wildman–Crippen LogP) is 2.68. The van der Waals surface area contributed by atoms with Crippen molar-refractivity contribution in [1.29, 1.82) is 0 Å². The Hall–Kier alpha value is -1.03. The van der Waals surface area contributed by atoms with Gasteiger partial charge in [0.1, 0.15) is 0 Å². The van der Waals surface area contributed by atoms with Gasteiger partial charge in [0.15, 0.2) is 0 Å². The summed E-state index contributed by atoms with van der Waals surface area (Å²) < 4.78 is 1.86. The van der Waals surface area contributed by atoms with Crippen LogP contribution in [0.5, 0.6) is 0 Å². The van der Waals surface area contributed by atoms with Crippen LogP contribution < -0.4 is 5.73 Å². The Labute approximate surface area is 104 Å². The minimum Gasteiger partial charge on any atom is -0.330 e. The van der Waals surface area contributed by atoms with Crippen molar-refractivity contribution in [1.82, 2.24) is 9.55 Å². The smallest absolute Gasteiger partial charge is 0.0995 e. The highest BCUT2D eigenvalue weighted by molar-refractivity contribution is 6.35. The van der Waals surface area contributed by atoms with Gasteiger partial charge in [0, 0.05) is 17.6 Å². The lowest BCUT2D eigenvalue weighted by Gasteiger charge is -2.04. The van der Waals surface area contributed by atoms with Gasteiger partial charge in [-0.15, -0.1) is 0 Å². The summed E-state index contributed by atoms with van der Waals surface area (Å²) in [6.07, 6.45) is 4.40. The second-order valence-corrected chi connectivity index (χ2v) is 4.25. The maximum atomic E-state index is 6.09. The number of rotatable bonds is 3. The summed E-state index contributed by atoms with van der Waals surface area (Å²) in [6.45, 7) is 0.589. The normalized spacial score (nSPS) is 10.7. The molecule has 0 amide bonds. The number of nitrogens with zero attached hydrogens (tertiary/aromatic N) is 2. The highest BCUT2D eigenvalue weighted by atomic mass is 35.5. The fourth-order valence-electron chi connectivity index (χ4n) is 1.46. The summed E-state index contributed by atoms with van der Waals surface area (Å²) >= 11 is 11.9. The molecule has 0 unspecified atom stereocenters. The predicted molar refractivity (Wildman–Crippen MR) is 66.3 cm³/mol. The quantitative estimate of drug-likeness (QED) is 0.917. The Kier molecular flexibility index (Phi) is 3.49. The van der Waals surface area contributed by atoms with E-state index in [1.807, 2.05) is 16.8 Å². The van der Waals surface area contributed by atoms with Crippen molar-refractivity contribution in [3.8, 4) is 5.69 Å². The number of halogens is 2. The molecule has 84 valence electrons. The summed E-state index contributed by atoms with van der Waals surface area (Å²) in [7, 11) is 0. The number of aromatic nitrogens is 2. The van der Waals surface area contributed by atoms with Gasteiger partial charge in [-0.3, -0.25) is 0 Å². The number of imidazole rings is 1. The highest BCUT2D eigenvalue weighted by Gasteiger charge is 2.05. The van der Waals surface area contributed by atoms with Crippen molar-refractivity contribution in [3.63, 3.8) is 0 Å². The molecule has 0 saturated heterocycles. The van der Waals surface area contributed by atoms with Crippen molar-refractivity contribution in [3.05, 3.63) is 46.5 Å². The minimum atomic E-state index is 0.589. The van der Waals surface area contributed by atoms with Crippen LogP contribution in [-0.4, -0.2) is 16.1 Å². The molecular formula is C11H11Cl2N3. The molecule has 1 aromatic heterocycles. The van der Waals surface area contributed by atoms with Gasteiger partial charge in [-0.1, -0.05) is 23.2 Å². The van der Waals surface area contributed by atoms with Crippen molar-refractivity contribution in [2.24, 2.45) is 5.73 Å². The van der Waals surface area contributed by atoms with Crippen molar-refractivity contribution < 1.29 is 0 Å². The zero-order chi connectivity index (χ0) is 11.5. The second-order valence-electron chi connectivity index (χ2n) is 3.41. The van der Waals surface area contributed by atoms with E-state index in [0.717, 1.165) is 17.8 Å². The molecule has 1 aromatic carbocycles. The molecule has 0 bridgehead atoms. The monoisotopic (exact) mass is 255 g/mol. The van der Waals surface area contributed by atoms with E-state index in [9.17, 15) is 0 Å². The van der Waals surface area contributed by atoms with Gasteiger partial charge >= 0.3 is 0 Å². The molecule has 2 aromatic rings. The number of benzene rings is 1. The second kappa shape index (κ2) is 4.87. The number of hydrogen-bond acceptors (Lipinski definition) is 2. The van der Waals surface area contributed by atoms with Crippen LogP contribution in [0.4, 0.5) is 0 Å². The molecule has 0 aliphatic rings.